The number of ether oxygens (including phenoxy) is 2. The Balaban J connectivity index is 4.11. The van der Waals surface area contributed by atoms with Crippen LogP contribution in [0.15, 0.2) is 0 Å². The van der Waals surface area contributed by atoms with Crippen molar-refractivity contribution in [2.24, 2.45) is 0 Å². The molecule has 9 heteroatoms. The number of phosphoric ester groups is 1. The van der Waals surface area contributed by atoms with Gasteiger partial charge in [0.15, 0.2) is 6.10 Å². The molecule has 0 amide bonds. The molecular weight excluding hydrogens is 579 g/mol. The summed E-state index contributed by atoms with van der Waals surface area (Å²) in [4.78, 5) is 34.4. The van der Waals surface area contributed by atoms with Crippen molar-refractivity contribution in [1.82, 2.24) is 0 Å². The average Bonchev–Trinajstić information content (AvgIpc) is 2.99. The number of carbonyl (C=O) groups is 2. The molecule has 0 rings (SSSR count). The number of esters is 2. The Morgan fingerprint density at radius 1 is 0.523 bits per heavy atom. The molecule has 1 N–H and O–H groups in total. The predicted octanol–water partition coefficient (Wildman–Crippen LogP) is 10.8. The second kappa shape index (κ2) is 32.0. The van der Waals surface area contributed by atoms with Crippen molar-refractivity contribution < 1.29 is 37.6 Å². The van der Waals surface area contributed by atoms with Gasteiger partial charge in [0.05, 0.1) is 13.2 Å². The van der Waals surface area contributed by atoms with E-state index >= 15 is 0 Å². The first-order valence-corrected chi connectivity index (χ1v) is 19.8. The highest BCUT2D eigenvalue weighted by atomic mass is 31.2. The fraction of sp³-hybridized carbons (Fsp3) is 0.943. The molecule has 0 aliphatic carbocycles. The minimum Gasteiger partial charge on any atom is -0.462 e. The molecule has 0 aromatic heterocycles. The molecule has 0 spiro atoms. The Bertz CT molecular complexity index is 702. The summed E-state index contributed by atoms with van der Waals surface area (Å²) in [5, 5.41) is 0. The molecular formula is C35H69O8P. The van der Waals surface area contributed by atoms with Crippen molar-refractivity contribution >= 4 is 19.8 Å². The molecule has 0 aromatic rings. The zero-order valence-corrected chi connectivity index (χ0v) is 29.7. The lowest BCUT2D eigenvalue weighted by Crippen LogP contribution is -2.29. The quantitative estimate of drug-likeness (QED) is 0.0417. The highest BCUT2D eigenvalue weighted by Gasteiger charge is 2.25. The van der Waals surface area contributed by atoms with Crippen molar-refractivity contribution in [3.8, 4) is 0 Å². The van der Waals surface area contributed by atoms with E-state index in [0.29, 0.717) is 6.42 Å². The normalized spacial score (nSPS) is 13.5. The van der Waals surface area contributed by atoms with Crippen LogP contribution in [0.1, 0.15) is 188 Å². The molecule has 262 valence electrons. The van der Waals surface area contributed by atoms with Gasteiger partial charge in [-0.3, -0.25) is 18.6 Å². The number of phosphoric acid groups is 1. The van der Waals surface area contributed by atoms with Gasteiger partial charge >= 0.3 is 19.8 Å². The van der Waals surface area contributed by atoms with Crippen LogP contribution in [-0.4, -0.2) is 42.8 Å². The fourth-order valence-electron chi connectivity index (χ4n) is 5.22. The molecule has 0 aliphatic heterocycles. The highest BCUT2D eigenvalue weighted by Crippen LogP contribution is 2.43. The van der Waals surface area contributed by atoms with Gasteiger partial charge in [0.2, 0.25) is 0 Å². The second-order valence-electron chi connectivity index (χ2n) is 12.3. The number of carbonyl (C=O) groups excluding carboxylic acids is 2. The van der Waals surface area contributed by atoms with Gasteiger partial charge in [-0.25, -0.2) is 4.57 Å². The zero-order chi connectivity index (χ0) is 32.6. The van der Waals surface area contributed by atoms with E-state index in [1.165, 1.54) is 116 Å². The number of hydrogen-bond acceptors (Lipinski definition) is 7. The highest BCUT2D eigenvalue weighted by molar-refractivity contribution is 7.47. The molecule has 0 radical (unpaired) electrons. The zero-order valence-electron chi connectivity index (χ0n) is 28.8. The molecule has 0 fully saturated rings. The maximum atomic E-state index is 12.5. The third-order valence-electron chi connectivity index (χ3n) is 7.91. The minimum atomic E-state index is -4.26. The minimum absolute atomic E-state index is 0.00511. The van der Waals surface area contributed by atoms with Crippen LogP contribution < -0.4 is 0 Å². The van der Waals surface area contributed by atoms with Gasteiger partial charge < -0.3 is 14.4 Å². The number of rotatable bonds is 34. The maximum Gasteiger partial charge on any atom is 0.472 e. The smallest absolute Gasteiger partial charge is 0.462 e. The molecule has 44 heavy (non-hydrogen) atoms. The molecule has 0 aliphatic rings. The van der Waals surface area contributed by atoms with E-state index in [9.17, 15) is 19.0 Å². The maximum absolute atomic E-state index is 12.5. The SMILES string of the molecule is CCCCCCCCCCCCCCCCCC(=O)OC(COC(=O)CCCCCCCCCCC)COP(=O)(O)OCC. The van der Waals surface area contributed by atoms with Gasteiger partial charge in [0.25, 0.3) is 0 Å². The standard InChI is InChI=1S/C35H69O8P/c1-4-7-9-11-13-15-16-17-18-19-20-22-24-26-28-30-35(37)43-33(32-42-44(38,39)41-6-3)31-40-34(36)29-27-25-23-21-14-12-10-8-5-2/h33H,4-32H2,1-3H3,(H,38,39). The molecule has 0 saturated carbocycles. The Kier molecular flexibility index (Phi) is 31.3. The van der Waals surface area contributed by atoms with Crippen molar-refractivity contribution in [2.45, 2.75) is 194 Å². The first kappa shape index (κ1) is 43.0. The Morgan fingerprint density at radius 3 is 1.27 bits per heavy atom. The van der Waals surface area contributed by atoms with Crippen molar-refractivity contribution in [2.75, 3.05) is 19.8 Å². The molecule has 8 nitrogen and oxygen atoms in total. The first-order valence-electron chi connectivity index (χ1n) is 18.3. The summed E-state index contributed by atoms with van der Waals surface area (Å²) in [5.41, 5.74) is 0. The topological polar surface area (TPSA) is 108 Å². The Morgan fingerprint density at radius 2 is 0.886 bits per heavy atom. The molecule has 0 aromatic carbocycles. The van der Waals surface area contributed by atoms with E-state index in [0.717, 1.165) is 38.5 Å². The van der Waals surface area contributed by atoms with E-state index in [-0.39, 0.29) is 32.2 Å². The lowest BCUT2D eigenvalue weighted by Gasteiger charge is -2.19. The lowest BCUT2D eigenvalue weighted by molar-refractivity contribution is -0.161. The number of hydrogen-bond donors (Lipinski definition) is 1. The van der Waals surface area contributed by atoms with Gasteiger partial charge in [-0.05, 0) is 19.8 Å². The van der Waals surface area contributed by atoms with Crippen LogP contribution in [0.4, 0.5) is 0 Å². The van der Waals surface area contributed by atoms with Gasteiger partial charge in [0.1, 0.15) is 6.61 Å². The van der Waals surface area contributed by atoms with E-state index < -0.39 is 19.9 Å². The summed E-state index contributed by atoms with van der Waals surface area (Å²) in [7, 11) is -4.26. The van der Waals surface area contributed by atoms with Crippen LogP contribution in [0.2, 0.25) is 0 Å². The second-order valence-corrected chi connectivity index (χ2v) is 13.7. The summed E-state index contributed by atoms with van der Waals surface area (Å²) >= 11 is 0. The van der Waals surface area contributed by atoms with Crippen LogP contribution in [0.25, 0.3) is 0 Å². The van der Waals surface area contributed by atoms with Crippen LogP contribution >= 0.6 is 7.82 Å². The van der Waals surface area contributed by atoms with Crippen molar-refractivity contribution in [3.05, 3.63) is 0 Å². The van der Waals surface area contributed by atoms with E-state index in [2.05, 4.69) is 13.8 Å². The Hall–Kier alpha value is -0.950. The summed E-state index contributed by atoms with van der Waals surface area (Å²) in [6.45, 7) is 5.46. The van der Waals surface area contributed by atoms with Crippen molar-refractivity contribution in [1.29, 1.82) is 0 Å². The fourth-order valence-corrected chi connectivity index (χ4v) is 5.97. The summed E-state index contributed by atoms with van der Waals surface area (Å²) < 4.78 is 32.4. The van der Waals surface area contributed by atoms with Crippen LogP contribution in [0.3, 0.4) is 0 Å². The van der Waals surface area contributed by atoms with Crippen LogP contribution in [0, 0.1) is 0 Å². The molecule has 2 unspecified atom stereocenters. The summed E-state index contributed by atoms with van der Waals surface area (Å²) in [5.74, 6) is -0.791. The van der Waals surface area contributed by atoms with E-state index in [1.54, 1.807) is 6.92 Å². The van der Waals surface area contributed by atoms with Gasteiger partial charge in [-0.1, -0.05) is 155 Å². The molecule has 0 saturated heterocycles. The van der Waals surface area contributed by atoms with Crippen LogP contribution in [0.5, 0.6) is 0 Å². The molecule has 0 heterocycles. The van der Waals surface area contributed by atoms with Gasteiger partial charge in [0, 0.05) is 12.8 Å². The molecule has 0 bridgehead atoms. The number of unbranched alkanes of at least 4 members (excludes halogenated alkanes) is 22. The third kappa shape index (κ3) is 31.0. The summed E-state index contributed by atoms with van der Waals surface area (Å²) in [6, 6.07) is 0. The third-order valence-corrected chi connectivity index (χ3v) is 8.97. The summed E-state index contributed by atoms with van der Waals surface area (Å²) in [6.07, 6.45) is 28.7. The van der Waals surface area contributed by atoms with Gasteiger partial charge in [-0.2, -0.15) is 0 Å². The van der Waals surface area contributed by atoms with Crippen LogP contribution in [-0.2, 0) is 32.7 Å². The first-order chi connectivity index (χ1) is 21.3. The van der Waals surface area contributed by atoms with E-state index in [1.807, 2.05) is 0 Å². The lowest BCUT2D eigenvalue weighted by atomic mass is 10.0. The van der Waals surface area contributed by atoms with Crippen molar-refractivity contribution in [3.63, 3.8) is 0 Å². The molecule has 2 atom stereocenters. The average molecular weight is 649 g/mol. The Labute approximate surface area is 270 Å². The van der Waals surface area contributed by atoms with E-state index in [4.69, 9.17) is 18.5 Å². The van der Waals surface area contributed by atoms with Gasteiger partial charge in [-0.15, -0.1) is 0 Å². The predicted molar refractivity (Wildman–Crippen MR) is 180 cm³/mol. The largest absolute Gasteiger partial charge is 0.472 e. The monoisotopic (exact) mass is 648 g/mol.